The Bertz CT molecular complexity index is 1260. The Kier molecular flexibility index (Phi) is 10.4. The summed E-state index contributed by atoms with van der Waals surface area (Å²) >= 11 is 12.3. The Morgan fingerprint density at radius 3 is 2.32 bits per heavy atom. The molecule has 0 fully saturated rings. The summed E-state index contributed by atoms with van der Waals surface area (Å²) in [6.45, 7) is 6.27. The fourth-order valence-corrected chi connectivity index (χ4v) is 3.81. The molecule has 3 rings (SSSR count). The number of hydrazone groups is 1. The molecule has 1 atom stereocenters. The van der Waals surface area contributed by atoms with Crippen molar-refractivity contribution < 1.29 is 19.1 Å². The lowest BCUT2D eigenvalue weighted by Crippen LogP contribution is -2.48. The van der Waals surface area contributed by atoms with E-state index in [1.165, 1.54) is 6.21 Å². The van der Waals surface area contributed by atoms with Gasteiger partial charge < -0.3 is 14.8 Å². The third-order valence-electron chi connectivity index (χ3n) is 5.35. The second-order valence-corrected chi connectivity index (χ2v) is 9.24. The lowest BCUT2D eigenvalue weighted by Gasteiger charge is -2.20. The van der Waals surface area contributed by atoms with Crippen molar-refractivity contribution in [1.82, 2.24) is 10.7 Å². The number of nitrogens with one attached hydrogen (secondary N) is 2. The first kappa shape index (κ1) is 28.0. The first-order chi connectivity index (χ1) is 17.8. The van der Waals surface area contributed by atoms with E-state index in [0.717, 1.165) is 5.56 Å². The molecule has 0 spiro atoms. The molecule has 3 aromatic carbocycles. The molecule has 2 amide bonds. The molecule has 0 saturated heterocycles. The van der Waals surface area contributed by atoms with E-state index in [1.807, 2.05) is 45.0 Å². The van der Waals surface area contributed by atoms with Crippen molar-refractivity contribution >= 4 is 41.2 Å². The molecule has 0 aromatic heterocycles. The molecule has 37 heavy (non-hydrogen) atoms. The molecule has 9 heteroatoms. The maximum atomic E-state index is 12.8. The minimum absolute atomic E-state index is 0.180. The van der Waals surface area contributed by atoms with Crippen LogP contribution < -0.4 is 20.2 Å². The molecule has 0 heterocycles. The highest BCUT2D eigenvalue weighted by Crippen LogP contribution is 2.29. The molecule has 0 aliphatic heterocycles. The van der Waals surface area contributed by atoms with Gasteiger partial charge >= 0.3 is 0 Å². The number of hydrogen-bond donors (Lipinski definition) is 2. The van der Waals surface area contributed by atoms with Gasteiger partial charge in [-0.15, -0.1) is 0 Å². The largest absolute Gasteiger partial charge is 0.490 e. The maximum absolute atomic E-state index is 12.8. The molecular formula is C28H29Cl2N3O4. The average Bonchev–Trinajstić information content (AvgIpc) is 2.87. The van der Waals surface area contributed by atoms with Crippen molar-refractivity contribution in [3.05, 3.63) is 93.5 Å². The number of rotatable bonds is 11. The highest BCUT2D eigenvalue weighted by molar-refractivity contribution is 6.33. The minimum atomic E-state index is -0.805. The standard InChI is InChI=1S/C28H29Cl2N3O4/c1-4-36-25-15-19(13-14-24(25)37-17-20-9-5-7-11-22(20)29)16-31-33-28(35)26(18(2)3)32-27(34)21-10-6-8-12-23(21)30/h5-16,18,26H,4,17H2,1-3H3,(H,32,34)(H,33,35). The SMILES string of the molecule is CCOc1cc(C=NNC(=O)C(NC(=O)c2ccccc2Cl)C(C)C)ccc1OCc1ccccc1Cl. The third-order valence-corrected chi connectivity index (χ3v) is 6.05. The van der Waals surface area contributed by atoms with E-state index in [0.29, 0.717) is 45.9 Å². The van der Waals surface area contributed by atoms with Gasteiger partial charge in [0.2, 0.25) is 0 Å². The molecule has 194 valence electrons. The number of amides is 2. The number of halogens is 2. The fraction of sp³-hybridized carbons (Fsp3) is 0.250. The van der Waals surface area contributed by atoms with Gasteiger partial charge in [-0.05, 0) is 54.8 Å². The summed E-state index contributed by atoms with van der Waals surface area (Å²) in [5.41, 5.74) is 4.35. The van der Waals surface area contributed by atoms with Crippen LogP contribution in [0.1, 0.15) is 42.3 Å². The van der Waals surface area contributed by atoms with E-state index in [4.69, 9.17) is 32.7 Å². The summed E-state index contributed by atoms with van der Waals surface area (Å²) in [6, 6.07) is 18.6. The van der Waals surface area contributed by atoms with Crippen molar-refractivity contribution in [1.29, 1.82) is 0 Å². The number of carbonyl (C=O) groups is 2. The van der Waals surface area contributed by atoms with Gasteiger partial charge in [0.1, 0.15) is 12.6 Å². The first-order valence-electron chi connectivity index (χ1n) is 11.8. The molecule has 0 aliphatic carbocycles. The van der Waals surface area contributed by atoms with E-state index >= 15 is 0 Å². The van der Waals surface area contributed by atoms with Gasteiger partial charge in [0.15, 0.2) is 11.5 Å². The monoisotopic (exact) mass is 541 g/mol. The van der Waals surface area contributed by atoms with Crippen LogP contribution in [0.15, 0.2) is 71.8 Å². The lowest BCUT2D eigenvalue weighted by atomic mass is 10.0. The van der Waals surface area contributed by atoms with Crippen molar-refractivity contribution in [2.75, 3.05) is 6.61 Å². The van der Waals surface area contributed by atoms with Crippen LogP contribution in [-0.2, 0) is 11.4 Å². The van der Waals surface area contributed by atoms with E-state index < -0.39 is 17.9 Å². The predicted octanol–water partition coefficient (Wildman–Crippen LogP) is 5.88. The van der Waals surface area contributed by atoms with Crippen molar-refractivity contribution in [3.63, 3.8) is 0 Å². The highest BCUT2D eigenvalue weighted by Gasteiger charge is 2.25. The molecule has 0 aliphatic rings. The molecule has 0 saturated carbocycles. The van der Waals surface area contributed by atoms with Gasteiger partial charge in [-0.2, -0.15) is 5.10 Å². The molecule has 1 unspecified atom stereocenters. The Hall–Kier alpha value is -3.55. The zero-order valence-electron chi connectivity index (χ0n) is 20.8. The van der Waals surface area contributed by atoms with Crippen LogP contribution in [0.5, 0.6) is 11.5 Å². The van der Waals surface area contributed by atoms with Crippen molar-refractivity contribution in [2.24, 2.45) is 11.0 Å². The van der Waals surface area contributed by atoms with Gasteiger partial charge in [-0.25, -0.2) is 5.43 Å². The van der Waals surface area contributed by atoms with Crippen LogP contribution >= 0.6 is 23.2 Å². The predicted molar refractivity (Wildman–Crippen MR) is 147 cm³/mol. The molecule has 7 nitrogen and oxygen atoms in total. The second kappa shape index (κ2) is 13.7. The summed E-state index contributed by atoms with van der Waals surface area (Å²) in [5.74, 6) is 0.0382. The van der Waals surface area contributed by atoms with E-state index in [9.17, 15) is 9.59 Å². The van der Waals surface area contributed by atoms with Gasteiger partial charge in [0.25, 0.3) is 11.8 Å². The van der Waals surface area contributed by atoms with Crippen LogP contribution in [-0.4, -0.2) is 30.7 Å². The summed E-state index contributed by atoms with van der Waals surface area (Å²) in [7, 11) is 0. The number of benzene rings is 3. The number of hydrogen-bond acceptors (Lipinski definition) is 5. The van der Waals surface area contributed by atoms with E-state index in [1.54, 1.807) is 42.5 Å². The number of carbonyl (C=O) groups excluding carboxylic acids is 2. The summed E-state index contributed by atoms with van der Waals surface area (Å²) < 4.78 is 11.6. The third kappa shape index (κ3) is 7.97. The zero-order chi connectivity index (χ0) is 26.8. The van der Waals surface area contributed by atoms with Crippen molar-refractivity contribution in [3.8, 4) is 11.5 Å². The normalized spacial score (nSPS) is 11.8. The van der Waals surface area contributed by atoms with Gasteiger partial charge in [-0.1, -0.05) is 67.4 Å². The smallest absolute Gasteiger partial charge is 0.262 e. The summed E-state index contributed by atoms with van der Waals surface area (Å²) in [6.07, 6.45) is 1.49. The van der Waals surface area contributed by atoms with E-state index in [2.05, 4.69) is 15.8 Å². The Balaban J connectivity index is 1.65. The fourth-order valence-electron chi connectivity index (χ4n) is 3.40. The van der Waals surface area contributed by atoms with Gasteiger partial charge in [0, 0.05) is 10.6 Å². The lowest BCUT2D eigenvalue weighted by molar-refractivity contribution is -0.123. The highest BCUT2D eigenvalue weighted by atomic mass is 35.5. The minimum Gasteiger partial charge on any atom is -0.490 e. The zero-order valence-corrected chi connectivity index (χ0v) is 22.3. The van der Waals surface area contributed by atoms with Crippen LogP contribution in [0.2, 0.25) is 10.0 Å². The number of ether oxygens (including phenoxy) is 2. The summed E-state index contributed by atoms with van der Waals surface area (Å²) in [5, 5.41) is 7.73. The molecule has 3 aromatic rings. The molecule has 2 N–H and O–H groups in total. The molecular weight excluding hydrogens is 513 g/mol. The van der Waals surface area contributed by atoms with Crippen LogP contribution in [0.4, 0.5) is 0 Å². The van der Waals surface area contributed by atoms with Crippen LogP contribution in [0.3, 0.4) is 0 Å². The Morgan fingerprint density at radius 2 is 1.65 bits per heavy atom. The molecule has 0 bridgehead atoms. The quantitative estimate of drug-likeness (QED) is 0.234. The van der Waals surface area contributed by atoms with Gasteiger partial charge in [0.05, 0.1) is 23.4 Å². The van der Waals surface area contributed by atoms with Crippen LogP contribution in [0.25, 0.3) is 0 Å². The Labute approximate surface area is 226 Å². The van der Waals surface area contributed by atoms with E-state index in [-0.39, 0.29) is 5.92 Å². The van der Waals surface area contributed by atoms with Crippen LogP contribution in [0, 0.1) is 5.92 Å². The van der Waals surface area contributed by atoms with Crippen molar-refractivity contribution in [2.45, 2.75) is 33.4 Å². The average molecular weight is 542 g/mol. The Morgan fingerprint density at radius 1 is 0.946 bits per heavy atom. The maximum Gasteiger partial charge on any atom is 0.262 e. The topological polar surface area (TPSA) is 89.0 Å². The second-order valence-electron chi connectivity index (χ2n) is 8.43. The number of nitrogens with zero attached hydrogens (tertiary/aromatic N) is 1. The summed E-state index contributed by atoms with van der Waals surface area (Å²) in [4.78, 5) is 25.4. The van der Waals surface area contributed by atoms with Gasteiger partial charge in [-0.3, -0.25) is 9.59 Å². The molecule has 0 radical (unpaired) electrons. The first-order valence-corrected chi connectivity index (χ1v) is 12.6.